The molecule has 0 aliphatic rings. The zero-order valence-corrected chi connectivity index (χ0v) is 12.4. The summed E-state index contributed by atoms with van der Waals surface area (Å²) in [6.07, 6.45) is 0. The Labute approximate surface area is 113 Å². The second-order valence-corrected chi connectivity index (χ2v) is 8.68. The van der Waals surface area contributed by atoms with Gasteiger partial charge in [-0.2, -0.15) is 0 Å². The summed E-state index contributed by atoms with van der Waals surface area (Å²) in [7, 11) is -2.45. The van der Waals surface area contributed by atoms with E-state index in [4.69, 9.17) is 10.7 Å². The van der Waals surface area contributed by atoms with Crippen molar-refractivity contribution < 1.29 is 16.8 Å². The molecule has 0 amide bonds. The van der Waals surface area contributed by atoms with E-state index >= 15 is 0 Å². The van der Waals surface area contributed by atoms with Crippen LogP contribution in [0.15, 0.2) is 33.6 Å². The van der Waals surface area contributed by atoms with Crippen molar-refractivity contribution in [3.8, 4) is 0 Å². The molecule has 0 radical (unpaired) electrons. The van der Waals surface area contributed by atoms with Gasteiger partial charge in [-0.25, -0.2) is 21.6 Å². The number of hydrogen-bond acceptors (Lipinski definition) is 4. The third-order valence-electron chi connectivity index (χ3n) is 1.74. The lowest BCUT2D eigenvalue weighted by Gasteiger charge is -2.05. The van der Waals surface area contributed by atoms with Crippen LogP contribution < -0.4 is 4.72 Å². The van der Waals surface area contributed by atoms with Crippen molar-refractivity contribution in [2.45, 2.75) is 4.90 Å². The molecule has 17 heavy (non-hydrogen) atoms. The van der Waals surface area contributed by atoms with Gasteiger partial charge in [0.15, 0.2) is 0 Å². The second-order valence-electron chi connectivity index (χ2n) is 3.10. The van der Waals surface area contributed by atoms with Crippen molar-refractivity contribution in [1.82, 2.24) is 4.72 Å². The third kappa shape index (κ3) is 5.35. The maximum absolute atomic E-state index is 11.7. The molecular formula is C8H9BrClNO4S2. The number of hydrogen-bond donors (Lipinski definition) is 1. The number of nitrogens with one attached hydrogen (secondary N) is 1. The summed E-state index contributed by atoms with van der Waals surface area (Å²) >= 11 is 3.15. The highest BCUT2D eigenvalue weighted by Crippen LogP contribution is 2.15. The first-order valence-corrected chi connectivity index (χ1v) is 9.14. The van der Waals surface area contributed by atoms with Crippen molar-refractivity contribution in [2.75, 3.05) is 12.3 Å². The highest BCUT2D eigenvalue weighted by molar-refractivity contribution is 9.10. The molecule has 96 valence electrons. The van der Waals surface area contributed by atoms with Crippen LogP contribution in [-0.4, -0.2) is 29.1 Å². The van der Waals surface area contributed by atoms with Gasteiger partial charge in [0.1, 0.15) is 0 Å². The minimum Gasteiger partial charge on any atom is -0.212 e. The number of benzene rings is 1. The molecule has 1 N–H and O–H groups in total. The minimum absolute atomic E-state index is 0.0545. The van der Waals surface area contributed by atoms with Gasteiger partial charge in [-0.1, -0.05) is 22.0 Å². The van der Waals surface area contributed by atoms with Gasteiger partial charge in [0.05, 0.1) is 10.6 Å². The summed E-state index contributed by atoms with van der Waals surface area (Å²) in [4.78, 5) is 0.0545. The Balaban J connectivity index is 2.77. The summed E-state index contributed by atoms with van der Waals surface area (Å²) in [5, 5.41) is 0. The Hall–Kier alpha value is -0.150. The summed E-state index contributed by atoms with van der Waals surface area (Å²) in [6, 6.07) is 6.07. The lowest BCUT2D eigenvalue weighted by Crippen LogP contribution is -2.28. The molecule has 0 aromatic heterocycles. The molecule has 0 unspecified atom stereocenters. The van der Waals surface area contributed by atoms with E-state index in [0.717, 1.165) is 0 Å². The van der Waals surface area contributed by atoms with E-state index in [2.05, 4.69) is 20.7 Å². The molecule has 0 aliphatic carbocycles. The van der Waals surface area contributed by atoms with E-state index in [0.29, 0.717) is 4.47 Å². The van der Waals surface area contributed by atoms with E-state index < -0.39 is 24.8 Å². The molecule has 0 aliphatic heterocycles. The molecule has 1 aromatic carbocycles. The van der Waals surface area contributed by atoms with Gasteiger partial charge in [0.25, 0.3) is 0 Å². The highest BCUT2D eigenvalue weighted by Gasteiger charge is 2.15. The van der Waals surface area contributed by atoms with Crippen molar-refractivity contribution in [3.05, 3.63) is 28.7 Å². The van der Waals surface area contributed by atoms with Crippen LogP contribution in [0.4, 0.5) is 0 Å². The van der Waals surface area contributed by atoms with Crippen LogP contribution in [0.1, 0.15) is 0 Å². The molecule has 0 fully saturated rings. The van der Waals surface area contributed by atoms with E-state index in [1.165, 1.54) is 12.1 Å². The van der Waals surface area contributed by atoms with Crippen LogP contribution in [0.5, 0.6) is 0 Å². The topological polar surface area (TPSA) is 80.3 Å². The molecule has 9 heteroatoms. The summed E-state index contributed by atoms with van der Waals surface area (Å²) in [6.45, 7) is -0.263. The maximum Gasteiger partial charge on any atom is 0.240 e. The molecule has 0 heterocycles. The van der Waals surface area contributed by atoms with E-state index in [1.54, 1.807) is 12.1 Å². The van der Waals surface area contributed by atoms with Gasteiger partial charge in [-0.3, -0.25) is 0 Å². The highest BCUT2D eigenvalue weighted by atomic mass is 79.9. The molecular weight excluding hydrogens is 354 g/mol. The van der Waals surface area contributed by atoms with Gasteiger partial charge < -0.3 is 0 Å². The van der Waals surface area contributed by atoms with E-state index in [-0.39, 0.29) is 11.4 Å². The number of rotatable bonds is 5. The Kier molecular flexibility index (Phi) is 4.96. The lowest BCUT2D eigenvalue weighted by atomic mass is 10.4. The van der Waals surface area contributed by atoms with Gasteiger partial charge >= 0.3 is 0 Å². The maximum atomic E-state index is 11.7. The van der Waals surface area contributed by atoms with Crippen LogP contribution in [0, 0.1) is 0 Å². The fraction of sp³-hybridized carbons (Fsp3) is 0.250. The number of sulfonamides is 1. The Morgan fingerprint density at radius 3 is 2.41 bits per heavy atom. The molecule has 0 saturated heterocycles. The summed E-state index contributed by atoms with van der Waals surface area (Å²) in [5.41, 5.74) is 0. The average molecular weight is 363 g/mol. The van der Waals surface area contributed by atoms with Crippen molar-refractivity contribution in [2.24, 2.45) is 0 Å². The van der Waals surface area contributed by atoms with Gasteiger partial charge in [0.2, 0.25) is 19.1 Å². The Bertz CT molecular complexity index is 600. The summed E-state index contributed by atoms with van der Waals surface area (Å²) < 4.78 is 47.4. The normalized spacial score (nSPS) is 12.6. The van der Waals surface area contributed by atoms with Crippen LogP contribution in [0.2, 0.25) is 0 Å². The van der Waals surface area contributed by atoms with Gasteiger partial charge in [-0.05, 0) is 18.2 Å². The van der Waals surface area contributed by atoms with Crippen LogP contribution >= 0.6 is 26.6 Å². The molecule has 0 bridgehead atoms. The van der Waals surface area contributed by atoms with Crippen molar-refractivity contribution >= 4 is 45.7 Å². The lowest BCUT2D eigenvalue weighted by molar-refractivity contribution is 0.582. The first kappa shape index (κ1) is 14.9. The minimum atomic E-state index is -3.71. The first-order chi connectivity index (χ1) is 7.71. The SMILES string of the molecule is O=S(=O)(Cl)CCNS(=O)(=O)c1cccc(Br)c1. The van der Waals surface area contributed by atoms with Crippen molar-refractivity contribution in [1.29, 1.82) is 0 Å². The zero-order chi connectivity index (χ0) is 13.1. The molecule has 1 aromatic rings. The van der Waals surface area contributed by atoms with E-state index in [1.807, 2.05) is 0 Å². The average Bonchev–Trinajstić information content (AvgIpc) is 2.15. The Morgan fingerprint density at radius 2 is 1.88 bits per heavy atom. The predicted octanol–water partition coefficient (Wildman–Crippen LogP) is 1.30. The molecule has 0 saturated carbocycles. The van der Waals surface area contributed by atoms with Gasteiger partial charge in [0, 0.05) is 21.7 Å². The largest absolute Gasteiger partial charge is 0.240 e. The molecule has 0 atom stereocenters. The zero-order valence-electron chi connectivity index (χ0n) is 8.43. The molecule has 5 nitrogen and oxygen atoms in total. The second kappa shape index (κ2) is 5.66. The van der Waals surface area contributed by atoms with Crippen LogP contribution in [-0.2, 0) is 19.1 Å². The van der Waals surface area contributed by atoms with Gasteiger partial charge in [-0.15, -0.1) is 0 Å². The number of halogens is 2. The first-order valence-electron chi connectivity index (χ1n) is 4.38. The molecule has 0 spiro atoms. The fourth-order valence-electron chi connectivity index (χ4n) is 1.02. The monoisotopic (exact) mass is 361 g/mol. The third-order valence-corrected chi connectivity index (χ3v) is 4.85. The Morgan fingerprint density at radius 1 is 1.24 bits per heavy atom. The predicted molar refractivity (Wildman–Crippen MR) is 69.0 cm³/mol. The molecule has 1 rings (SSSR count). The smallest absolute Gasteiger partial charge is 0.212 e. The van der Waals surface area contributed by atoms with Crippen LogP contribution in [0.25, 0.3) is 0 Å². The fourth-order valence-corrected chi connectivity index (χ4v) is 3.35. The summed E-state index contributed by atoms with van der Waals surface area (Å²) in [5.74, 6) is -0.457. The quantitative estimate of drug-likeness (QED) is 0.801. The van der Waals surface area contributed by atoms with Crippen molar-refractivity contribution in [3.63, 3.8) is 0 Å². The standard InChI is InChI=1S/C8H9BrClNO4S2/c9-7-2-1-3-8(6-7)17(14,15)11-4-5-16(10,12)13/h1-3,6,11H,4-5H2. The van der Waals surface area contributed by atoms with E-state index in [9.17, 15) is 16.8 Å². The van der Waals surface area contributed by atoms with Crippen LogP contribution in [0.3, 0.4) is 0 Å².